The number of carbonyl (C=O) groups excluding carboxylic acids is 2. The van der Waals surface area contributed by atoms with Crippen molar-refractivity contribution in [2.45, 2.75) is 77.2 Å². The molecule has 0 bridgehead atoms. The number of aromatic nitrogens is 4. The number of imidazole rings is 1. The van der Waals surface area contributed by atoms with Gasteiger partial charge in [0, 0.05) is 19.4 Å². The van der Waals surface area contributed by atoms with E-state index in [1.54, 1.807) is 12.7 Å². The van der Waals surface area contributed by atoms with Crippen LogP contribution < -0.4 is 5.49 Å². The fourth-order valence-corrected chi connectivity index (χ4v) is 3.88. The van der Waals surface area contributed by atoms with Crippen LogP contribution in [0.2, 0.25) is 0 Å². The molecule has 7 heteroatoms. The molecule has 27 heavy (non-hydrogen) atoms. The van der Waals surface area contributed by atoms with E-state index < -0.39 is 0 Å². The number of H-pyrrole nitrogens is 1. The molecule has 0 amide bonds. The first-order valence-electron chi connectivity index (χ1n) is 10.2. The van der Waals surface area contributed by atoms with Gasteiger partial charge in [0.05, 0.1) is 18.6 Å². The van der Waals surface area contributed by atoms with Crippen molar-refractivity contribution in [2.24, 2.45) is 5.92 Å². The predicted molar refractivity (Wildman–Crippen MR) is 102 cm³/mol. The highest BCUT2D eigenvalue weighted by Gasteiger charge is 2.27. The third-order valence-corrected chi connectivity index (χ3v) is 5.47. The summed E-state index contributed by atoms with van der Waals surface area (Å²) in [5.74, 6) is 0.0468. The van der Waals surface area contributed by atoms with Crippen LogP contribution in [0, 0.1) is 11.3 Å². The SMILES string of the molecule is N=c1ncn(CCCCCCCCC(=O)C2CCCCC2=O)c2nc[nH]c12. The Labute approximate surface area is 159 Å². The monoisotopic (exact) mass is 371 g/mol. The number of nitrogens with zero attached hydrogens (tertiary/aromatic N) is 3. The van der Waals surface area contributed by atoms with Crippen molar-refractivity contribution in [3.8, 4) is 0 Å². The molecule has 0 saturated heterocycles. The zero-order valence-electron chi connectivity index (χ0n) is 15.9. The van der Waals surface area contributed by atoms with Crippen molar-refractivity contribution in [1.82, 2.24) is 19.5 Å². The number of carbonyl (C=O) groups is 2. The second-order valence-corrected chi connectivity index (χ2v) is 7.49. The number of hydrogen-bond donors (Lipinski definition) is 2. The molecular weight excluding hydrogens is 342 g/mol. The molecule has 2 aromatic heterocycles. The molecule has 0 aliphatic heterocycles. The fraction of sp³-hybridized carbons (Fsp3) is 0.650. The van der Waals surface area contributed by atoms with Crippen molar-refractivity contribution in [3.63, 3.8) is 0 Å². The van der Waals surface area contributed by atoms with Gasteiger partial charge in [0.15, 0.2) is 11.1 Å². The van der Waals surface area contributed by atoms with E-state index in [2.05, 4.69) is 15.0 Å². The van der Waals surface area contributed by atoms with Crippen LogP contribution in [0.25, 0.3) is 11.2 Å². The topological polar surface area (TPSA) is 104 Å². The molecule has 0 radical (unpaired) electrons. The summed E-state index contributed by atoms with van der Waals surface area (Å²) in [4.78, 5) is 35.3. The van der Waals surface area contributed by atoms with Gasteiger partial charge in [-0.2, -0.15) is 0 Å². The number of unbranched alkanes of at least 4 members (excludes halogenated alkanes) is 5. The Morgan fingerprint density at radius 2 is 1.93 bits per heavy atom. The second-order valence-electron chi connectivity index (χ2n) is 7.49. The molecular formula is C20H29N5O2. The van der Waals surface area contributed by atoms with Gasteiger partial charge in [-0.25, -0.2) is 9.97 Å². The highest BCUT2D eigenvalue weighted by molar-refractivity contribution is 6.02. The molecule has 2 aromatic rings. The van der Waals surface area contributed by atoms with Crippen LogP contribution >= 0.6 is 0 Å². The molecule has 1 fully saturated rings. The quantitative estimate of drug-likeness (QED) is 0.494. The van der Waals surface area contributed by atoms with Crippen molar-refractivity contribution < 1.29 is 9.59 Å². The van der Waals surface area contributed by atoms with Gasteiger partial charge >= 0.3 is 0 Å². The van der Waals surface area contributed by atoms with Gasteiger partial charge in [-0.3, -0.25) is 15.0 Å². The minimum absolute atomic E-state index is 0.169. The standard InChI is InChI=1S/C20H29N5O2/c21-19-18-20(23-13-22-18)25(14-24-19)12-8-4-2-1-3-5-10-16(26)15-9-6-7-11-17(15)27/h13-15,21H,1-12H2,(H,22,23). The summed E-state index contributed by atoms with van der Waals surface area (Å²) in [5.41, 5.74) is 1.69. The van der Waals surface area contributed by atoms with Crippen LogP contribution in [0.15, 0.2) is 12.7 Å². The van der Waals surface area contributed by atoms with Crippen molar-refractivity contribution in [2.75, 3.05) is 0 Å². The van der Waals surface area contributed by atoms with Crippen LogP contribution in [0.4, 0.5) is 0 Å². The largest absolute Gasteiger partial charge is 0.340 e. The molecule has 2 N–H and O–H groups in total. The molecule has 0 aromatic carbocycles. The molecule has 0 spiro atoms. The Morgan fingerprint density at radius 3 is 2.74 bits per heavy atom. The van der Waals surface area contributed by atoms with Crippen LogP contribution in [0.1, 0.15) is 70.6 Å². The second kappa shape index (κ2) is 9.58. The number of rotatable bonds is 10. The van der Waals surface area contributed by atoms with Crippen LogP contribution in [0.5, 0.6) is 0 Å². The summed E-state index contributed by atoms with van der Waals surface area (Å²) in [6.07, 6.45) is 13.6. The van der Waals surface area contributed by atoms with Crippen molar-refractivity contribution in [1.29, 1.82) is 5.41 Å². The average Bonchev–Trinajstić information content (AvgIpc) is 3.16. The van der Waals surface area contributed by atoms with E-state index in [9.17, 15) is 9.59 Å². The highest BCUT2D eigenvalue weighted by atomic mass is 16.1. The van der Waals surface area contributed by atoms with E-state index in [0.29, 0.717) is 18.4 Å². The number of hydrogen-bond acceptors (Lipinski definition) is 5. The van der Waals surface area contributed by atoms with E-state index in [0.717, 1.165) is 70.0 Å². The molecule has 1 unspecified atom stereocenters. The number of ketones is 2. The first-order valence-corrected chi connectivity index (χ1v) is 10.2. The maximum Gasteiger partial charge on any atom is 0.173 e. The highest BCUT2D eigenvalue weighted by Crippen LogP contribution is 2.23. The summed E-state index contributed by atoms with van der Waals surface area (Å²) < 4.78 is 1.99. The average molecular weight is 371 g/mol. The molecule has 1 saturated carbocycles. The molecule has 7 nitrogen and oxygen atoms in total. The van der Waals surface area contributed by atoms with E-state index in [1.165, 1.54) is 0 Å². The third kappa shape index (κ3) is 5.11. The predicted octanol–water partition coefficient (Wildman–Crippen LogP) is 3.30. The molecule has 146 valence electrons. The Balaban J connectivity index is 1.28. The maximum absolute atomic E-state index is 12.2. The number of fused-ring (bicyclic) bond motifs is 1. The smallest absolute Gasteiger partial charge is 0.173 e. The lowest BCUT2D eigenvalue weighted by Gasteiger charge is -2.19. The molecule has 1 atom stereocenters. The first-order chi connectivity index (χ1) is 13.2. The van der Waals surface area contributed by atoms with Gasteiger partial charge in [0.25, 0.3) is 0 Å². The molecule has 3 rings (SSSR count). The van der Waals surface area contributed by atoms with Crippen molar-refractivity contribution >= 4 is 22.7 Å². The minimum Gasteiger partial charge on any atom is -0.340 e. The number of aromatic amines is 1. The number of aryl methyl sites for hydroxylation is 1. The lowest BCUT2D eigenvalue weighted by molar-refractivity contribution is -0.134. The zero-order chi connectivity index (χ0) is 19.1. The summed E-state index contributed by atoms with van der Waals surface area (Å²) in [5, 5.41) is 7.75. The first kappa shape index (κ1) is 19.5. The van der Waals surface area contributed by atoms with Gasteiger partial charge in [-0.1, -0.05) is 32.1 Å². The van der Waals surface area contributed by atoms with Gasteiger partial charge < -0.3 is 9.55 Å². The van der Waals surface area contributed by atoms with E-state index in [4.69, 9.17) is 5.41 Å². The molecule has 1 aliphatic carbocycles. The van der Waals surface area contributed by atoms with Crippen LogP contribution in [-0.2, 0) is 16.1 Å². The van der Waals surface area contributed by atoms with E-state index in [1.807, 2.05) is 4.57 Å². The normalized spacial score (nSPS) is 17.5. The Hall–Kier alpha value is -2.31. The van der Waals surface area contributed by atoms with Crippen molar-refractivity contribution in [3.05, 3.63) is 18.1 Å². The van der Waals surface area contributed by atoms with E-state index >= 15 is 0 Å². The maximum atomic E-state index is 12.2. The van der Waals surface area contributed by atoms with Gasteiger partial charge in [-0.05, 0) is 25.7 Å². The van der Waals surface area contributed by atoms with Gasteiger partial charge in [0.2, 0.25) is 0 Å². The lowest BCUT2D eigenvalue weighted by Crippen LogP contribution is -2.27. The van der Waals surface area contributed by atoms with Gasteiger partial charge in [-0.15, -0.1) is 0 Å². The third-order valence-electron chi connectivity index (χ3n) is 5.47. The van der Waals surface area contributed by atoms with E-state index in [-0.39, 0.29) is 23.0 Å². The Bertz CT molecular complexity index is 838. The summed E-state index contributed by atoms with van der Waals surface area (Å²) in [7, 11) is 0. The summed E-state index contributed by atoms with van der Waals surface area (Å²) in [6, 6.07) is 0. The van der Waals surface area contributed by atoms with Crippen LogP contribution in [-0.4, -0.2) is 31.1 Å². The fourth-order valence-electron chi connectivity index (χ4n) is 3.88. The van der Waals surface area contributed by atoms with Crippen LogP contribution in [0.3, 0.4) is 0 Å². The molecule has 2 heterocycles. The van der Waals surface area contributed by atoms with Gasteiger partial charge in [0.1, 0.15) is 17.1 Å². The molecule has 1 aliphatic rings. The summed E-state index contributed by atoms with van der Waals surface area (Å²) >= 11 is 0. The number of Topliss-reactive ketones (excluding diaryl/α,β-unsaturated/α-hetero) is 2. The number of nitrogens with one attached hydrogen (secondary N) is 2. The Kier molecular flexibility index (Phi) is 6.90. The summed E-state index contributed by atoms with van der Waals surface area (Å²) in [6.45, 7) is 0.844. The lowest BCUT2D eigenvalue weighted by atomic mass is 9.83. The zero-order valence-corrected chi connectivity index (χ0v) is 15.9. The Morgan fingerprint density at radius 1 is 1.15 bits per heavy atom. The minimum atomic E-state index is -0.293.